The van der Waals surface area contributed by atoms with Gasteiger partial charge in [0.1, 0.15) is 0 Å². The molecule has 0 unspecified atom stereocenters. The Morgan fingerprint density at radius 1 is 0.864 bits per heavy atom. The van der Waals surface area contributed by atoms with Gasteiger partial charge in [-0.3, -0.25) is 9.97 Å². The summed E-state index contributed by atoms with van der Waals surface area (Å²) in [4.78, 5) is 9.32. The number of benzene rings is 2. The molecule has 44 heavy (non-hydrogen) atoms. The molecule has 232 valence electrons. The smallest absolute Gasteiger partial charge is 0.573 e. The first-order valence-electron chi connectivity index (χ1n) is 15.2. The van der Waals surface area contributed by atoms with E-state index >= 15 is 0 Å². The molecular formula is C37H43N5OPt. The fourth-order valence-corrected chi connectivity index (χ4v) is 6.62. The monoisotopic (exact) mass is 768 g/mol. The van der Waals surface area contributed by atoms with E-state index in [9.17, 15) is 0 Å². The molecule has 7 heteroatoms. The van der Waals surface area contributed by atoms with Gasteiger partial charge in [0.05, 0.1) is 16.9 Å². The Morgan fingerprint density at radius 2 is 1.55 bits per heavy atom. The summed E-state index contributed by atoms with van der Waals surface area (Å²) < 4.78 is 8.60. The molecule has 1 aliphatic heterocycles. The predicted octanol–water partition coefficient (Wildman–Crippen LogP) is 8.58. The molecule has 7 rings (SSSR count). The SMILES string of the molecule is CC(C)(C)c1cc(-c2ccccn2)[n-]n1.CC1(C)Oc2ccc[c-]c2-c2nc3cc4c(cc3n21)C(C)(C)C(C)(C)C4(C)C.[Pt+2]. The second-order valence-electron chi connectivity index (χ2n) is 15.1. The summed E-state index contributed by atoms with van der Waals surface area (Å²) in [6, 6.07) is 21.7. The fraction of sp³-hybridized carbons (Fsp3) is 0.432. The molecule has 1 aliphatic carbocycles. The summed E-state index contributed by atoms with van der Waals surface area (Å²) in [5.41, 5.74) is 8.50. The van der Waals surface area contributed by atoms with E-state index in [4.69, 9.17) is 9.72 Å². The van der Waals surface area contributed by atoms with Crippen molar-refractivity contribution in [1.82, 2.24) is 24.7 Å². The zero-order valence-electron chi connectivity index (χ0n) is 27.7. The Morgan fingerprint density at radius 3 is 2.16 bits per heavy atom. The van der Waals surface area contributed by atoms with Crippen molar-refractivity contribution in [2.24, 2.45) is 5.41 Å². The molecule has 0 saturated carbocycles. The summed E-state index contributed by atoms with van der Waals surface area (Å²) in [5, 5.41) is 8.31. The van der Waals surface area contributed by atoms with Gasteiger partial charge in [0, 0.05) is 28.7 Å². The molecule has 3 aromatic heterocycles. The van der Waals surface area contributed by atoms with Crippen LogP contribution in [0.25, 0.3) is 33.8 Å². The van der Waals surface area contributed by atoms with Crippen LogP contribution in [0.2, 0.25) is 0 Å². The van der Waals surface area contributed by atoms with Gasteiger partial charge >= 0.3 is 21.1 Å². The number of pyridine rings is 1. The second-order valence-corrected chi connectivity index (χ2v) is 15.1. The number of rotatable bonds is 1. The number of aromatic nitrogens is 5. The molecule has 5 aromatic rings. The summed E-state index contributed by atoms with van der Waals surface area (Å²) in [5.74, 6) is 1.80. The van der Waals surface area contributed by atoms with Crippen molar-refractivity contribution >= 4 is 11.0 Å². The van der Waals surface area contributed by atoms with E-state index in [-0.39, 0.29) is 42.7 Å². The van der Waals surface area contributed by atoms with E-state index in [1.165, 1.54) is 11.1 Å². The molecular weight excluding hydrogens is 726 g/mol. The third-order valence-electron chi connectivity index (χ3n) is 10.4. The van der Waals surface area contributed by atoms with Crippen LogP contribution in [0.4, 0.5) is 0 Å². The molecule has 0 radical (unpaired) electrons. The van der Waals surface area contributed by atoms with Crippen LogP contribution in [-0.2, 0) is 43.0 Å². The summed E-state index contributed by atoms with van der Waals surface area (Å²) in [6.45, 7) is 24.9. The number of nitrogens with zero attached hydrogens (tertiary/aromatic N) is 5. The number of hydrogen-bond acceptors (Lipinski definition) is 4. The quantitative estimate of drug-likeness (QED) is 0.160. The van der Waals surface area contributed by atoms with E-state index in [0.717, 1.165) is 45.3 Å². The van der Waals surface area contributed by atoms with E-state index < -0.39 is 5.72 Å². The number of hydrogen-bond donors (Lipinski definition) is 0. The van der Waals surface area contributed by atoms with Gasteiger partial charge in [0.15, 0.2) is 5.72 Å². The number of ether oxygens (including phenoxy) is 1. The Balaban J connectivity index is 0.000000204. The first-order chi connectivity index (χ1) is 20.0. The topological polar surface area (TPSA) is 66.9 Å². The van der Waals surface area contributed by atoms with Gasteiger partial charge in [-0.1, -0.05) is 85.7 Å². The van der Waals surface area contributed by atoms with Gasteiger partial charge in [-0.15, -0.1) is 24.3 Å². The minimum Gasteiger partial charge on any atom is -0.573 e. The third-order valence-corrected chi connectivity index (χ3v) is 10.4. The van der Waals surface area contributed by atoms with Gasteiger partial charge in [0.2, 0.25) is 0 Å². The minimum atomic E-state index is -0.506. The molecule has 6 nitrogen and oxygen atoms in total. The van der Waals surface area contributed by atoms with Gasteiger partial charge in [-0.05, 0) is 65.5 Å². The molecule has 0 atom stereocenters. The van der Waals surface area contributed by atoms with Crippen molar-refractivity contribution in [2.75, 3.05) is 0 Å². The van der Waals surface area contributed by atoms with E-state index in [0.29, 0.717) is 0 Å². The van der Waals surface area contributed by atoms with Crippen molar-refractivity contribution in [3.8, 4) is 28.5 Å². The first kappa shape index (κ1) is 32.2. The average Bonchev–Trinajstić information content (AvgIpc) is 3.61. The number of fused-ring (bicyclic) bond motifs is 6. The molecule has 2 aliphatic rings. The first-order valence-corrected chi connectivity index (χ1v) is 15.2. The Labute approximate surface area is 276 Å². The zero-order valence-corrected chi connectivity index (χ0v) is 30.0. The minimum absolute atomic E-state index is 0. The van der Waals surface area contributed by atoms with Crippen molar-refractivity contribution in [2.45, 2.75) is 98.1 Å². The van der Waals surface area contributed by atoms with E-state index in [2.05, 4.69) is 114 Å². The zero-order chi connectivity index (χ0) is 31.2. The maximum atomic E-state index is 6.36. The van der Waals surface area contributed by atoms with Crippen LogP contribution in [0.5, 0.6) is 5.75 Å². The molecule has 0 amide bonds. The van der Waals surface area contributed by atoms with Crippen LogP contribution in [-0.4, -0.2) is 19.6 Å². The maximum Gasteiger partial charge on any atom is 2.00 e. The van der Waals surface area contributed by atoms with Crippen molar-refractivity contribution < 1.29 is 25.8 Å². The molecule has 0 spiro atoms. The summed E-state index contributed by atoms with van der Waals surface area (Å²) in [6.07, 6.45) is 1.76. The third kappa shape index (κ3) is 4.76. The van der Waals surface area contributed by atoms with Crippen molar-refractivity contribution in [1.29, 1.82) is 0 Å². The van der Waals surface area contributed by atoms with Gasteiger partial charge in [-0.2, -0.15) is 0 Å². The van der Waals surface area contributed by atoms with Crippen molar-refractivity contribution in [3.05, 3.63) is 83.7 Å². The summed E-state index contributed by atoms with van der Waals surface area (Å²) >= 11 is 0. The number of imidazole rings is 1. The van der Waals surface area contributed by atoms with Crippen LogP contribution in [0.3, 0.4) is 0 Å². The molecule has 0 saturated heterocycles. The standard InChI is InChI=1S/C25H29N2O.C12H14N3.Pt/c1-22(2)16-13-18-19(14-17(16)23(3,4)24(22,5)6)27-21(26-18)15-11-9-10-12-20(15)28-25(27,7)8;1-12(2,3)11-8-10(14-15-11)9-6-4-5-7-13-9;/h9-10,12-14H,1-8H3;4-8H,1-3H3;/q2*-1;+2. The van der Waals surface area contributed by atoms with Gasteiger partial charge in [-0.25, -0.2) is 0 Å². The Hall–Kier alpha value is -3.24. The molecule has 2 aromatic carbocycles. The van der Waals surface area contributed by atoms with E-state index in [1.54, 1.807) is 6.20 Å². The normalized spacial score (nSPS) is 18.2. The molecule has 0 fully saturated rings. The average molecular weight is 769 g/mol. The maximum absolute atomic E-state index is 6.36. The summed E-state index contributed by atoms with van der Waals surface area (Å²) in [7, 11) is 0. The predicted molar refractivity (Wildman–Crippen MR) is 173 cm³/mol. The van der Waals surface area contributed by atoms with Crippen molar-refractivity contribution in [3.63, 3.8) is 0 Å². The molecule has 0 N–H and O–H groups in total. The van der Waals surface area contributed by atoms with Crippen LogP contribution in [0.15, 0.2) is 60.8 Å². The van der Waals surface area contributed by atoms with Gasteiger partial charge in [0.25, 0.3) is 0 Å². The Bertz CT molecular complexity index is 1840. The fourth-order valence-electron chi connectivity index (χ4n) is 6.62. The van der Waals surface area contributed by atoms with Crippen LogP contribution < -0.4 is 9.84 Å². The van der Waals surface area contributed by atoms with E-state index in [1.807, 2.05) is 42.5 Å². The largest absolute Gasteiger partial charge is 2.00 e. The van der Waals surface area contributed by atoms with Crippen LogP contribution >= 0.6 is 0 Å². The van der Waals surface area contributed by atoms with Crippen LogP contribution in [0, 0.1) is 11.5 Å². The molecule has 0 bridgehead atoms. The second kappa shape index (κ2) is 10.4. The molecule has 4 heterocycles. The Kier molecular flexibility index (Phi) is 7.61. The van der Waals surface area contributed by atoms with Crippen LogP contribution in [0.1, 0.15) is 93.0 Å². The van der Waals surface area contributed by atoms with Gasteiger partial charge < -0.3 is 19.5 Å².